The molecule has 1 aromatic heterocycles. The molecule has 1 N–H and O–H groups in total. The molecule has 2 aromatic carbocycles. The molecule has 0 unspecified atom stereocenters. The van der Waals surface area contributed by atoms with Crippen molar-refractivity contribution in [1.82, 2.24) is 4.57 Å². The highest BCUT2D eigenvalue weighted by Gasteiger charge is 2.34. The third-order valence-electron chi connectivity index (χ3n) is 6.04. The average molecular weight is 684 g/mol. The Bertz CT molecular complexity index is 1710. The molecule has 0 radical (unpaired) electrons. The largest absolute Gasteiger partial charge is 0.496 e. The van der Waals surface area contributed by atoms with Gasteiger partial charge in [-0.1, -0.05) is 53.9 Å². The van der Waals surface area contributed by atoms with Gasteiger partial charge in [-0.3, -0.25) is 9.36 Å². The number of nitrogens with zero attached hydrogens (tertiary/aromatic N) is 2. The standard InChI is InChI=1S/C28H25BrCl2N2O7S/c1-4-6-19-23(27(37)39-5-2)24(15-7-8-20(38-3)16(29)12-15)33-26(36)21(41-28(33)32-19)11-14-9-17(30)25(18(31)10-14)40-13-22(34)35/h7-12,24H,4-6,13H2,1-3H3,(H,34,35)/b21-11-/t24-/m0/s1. The summed E-state index contributed by atoms with van der Waals surface area (Å²) >= 11 is 17.3. The summed E-state index contributed by atoms with van der Waals surface area (Å²) in [4.78, 5) is 43.3. The number of allylic oxidation sites excluding steroid dienone is 1. The van der Waals surface area contributed by atoms with Crippen molar-refractivity contribution in [2.45, 2.75) is 32.7 Å². The molecule has 0 saturated carbocycles. The quantitative estimate of drug-likeness (QED) is 0.295. The van der Waals surface area contributed by atoms with Crippen molar-refractivity contribution in [2.75, 3.05) is 20.3 Å². The molecule has 3 aromatic rings. The number of esters is 1. The van der Waals surface area contributed by atoms with E-state index in [0.29, 0.717) is 48.4 Å². The molecular weight excluding hydrogens is 659 g/mol. The molecule has 1 aliphatic rings. The van der Waals surface area contributed by atoms with Crippen molar-refractivity contribution < 1.29 is 28.9 Å². The van der Waals surface area contributed by atoms with E-state index < -0.39 is 24.6 Å². The highest BCUT2D eigenvalue weighted by atomic mass is 79.9. The first kappa shape index (κ1) is 30.8. The zero-order valence-electron chi connectivity index (χ0n) is 22.2. The van der Waals surface area contributed by atoms with E-state index in [4.69, 9.17) is 47.5 Å². The number of rotatable bonds is 10. The monoisotopic (exact) mass is 682 g/mol. The SMILES string of the molecule is CCCC1=C(C(=O)OCC)[C@H](c2ccc(OC)c(Br)c2)n2c(s/c(=C\c3cc(Cl)c(OCC(=O)O)c(Cl)c3)c2=O)=N1. The van der Waals surface area contributed by atoms with E-state index >= 15 is 0 Å². The molecule has 1 aliphatic heterocycles. The number of carbonyl (C=O) groups is 2. The van der Waals surface area contributed by atoms with Crippen LogP contribution in [-0.2, 0) is 14.3 Å². The Morgan fingerprint density at radius 3 is 2.49 bits per heavy atom. The Labute approximate surface area is 257 Å². The summed E-state index contributed by atoms with van der Waals surface area (Å²) in [5, 5.41) is 9.08. The van der Waals surface area contributed by atoms with Crippen LogP contribution < -0.4 is 24.4 Å². The van der Waals surface area contributed by atoms with Gasteiger partial charge < -0.3 is 19.3 Å². The highest BCUT2D eigenvalue weighted by molar-refractivity contribution is 9.10. The fraction of sp³-hybridized carbons (Fsp3) is 0.286. The summed E-state index contributed by atoms with van der Waals surface area (Å²) < 4.78 is 18.5. The number of hydrogen-bond acceptors (Lipinski definition) is 8. The van der Waals surface area contributed by atoms with Gasteiger partial charge in [0.2, 0.25) is 0 Å². The Hall–Kier alpha value is -3.12. The fourth-order valence-electron chi connectivity index (χ4n) is 4.38. The molecule has 0 amide bonds. The van der Waals surface area contributed by atoms with Gasteiger partial charge in [0.25, 0.3) is 5.56 Å². The maximum Gasteiger partial charge on any atom is 0.341 e. The Morgan fingerprint density at radius 1 is 1.20 bits per heavy atom. The topological polar surface area (TPSA) is 116 Å². The lowest BCUT2D eigenvalue weighted by molar-refractivity contribution is -0.140. The van der Waals surface area contributed by atoms with Crippen LogP contribution in [0, 0.1) is 0 Å². The maximum absolute atomic E-state index is 13.9. The molecular formula is C28H25BrCl2N2O7S. The van der Waals surface area contributed by atoms with Gasteiger partial charge in [-0.05, 0) is 70.7 Å². The van der Waals surface area contributed by atoms with E-state index in [-0.39, 0.29) is 28.0 Å². The molecule has 2 heterocycles. The van der Waals surface area contributed by atoms with Gasteiger partial charge in [0, 0.05) is 0 Å². The highest BCUT2D eigenvalue weighted by Crippen LogP contribution is 2.37. The normalized spacial score (nSPS) is 14.9. The summed E-state index contributed by atoms with van der Waals surface area (Å²) in [5.41, 5.74) is 1.65. The van der Waals surface area contributed by atoms with E-state index in [1.807, 2.05) is 13.0 Å². The minimum atomic E-state index is -1.18. The van der Waals surface area contributed by atoms with Crippen LogP contribution in [0.15, 0.2) is 55.9 Å². The van der Waals surface area contributed by atoms with Crippen molar-refractivity contribution in [3.05, 3.63) is 86.9 Å². The molecule has 0 bridgehead atoms. The second kappa shape index (κ2) is 13.2. The molecule has 0 saturated heterocycles. The summed E-state index contributed by atoms with van der Waals surface area (Å²) in [5.74, 6) is -1.09. The van der Waals surface area contributed by atoms with Gasteiger partial charge in [0.1, 0.15) is 5.75 Å². The Morgan fingerprint density at radius 2 is 1.90 bits per heavy atom. The van der Waals surface area contributed by atoms with Crippen LogP contribution in [-0.4, -0.2) is 41.9 Å². The van der Waals surface area contributed by atoms with Crippen LogP contribution in [0.2, 0.25) is 10.0 Å². The lowest BCUT2D eigenvalue weighted by Crippen LogP contribution is -2.40. The summed E-state index contributed by atoms with van der Waals surface area (Å²) in [6, 6.07) is 7.62. The van der Waals surface area contributed by atoms with E-state index in [1.54, 1.807) is 32.2 Å². The lowest BCUT2D eigenvalue weighted by atomic mass is 9.94. The number of thiazole rings is 1. The van der Waals surface area contributed by atoms with Gasteiger partial charge in [-0.25, -0.2) is 14.6 Å². The number of methoxy groups -OCH3 is 1. The number of benzene rings is 2. The van der Waals surface area contributed by atoms with Gasteiger partial charge in [0.15, 0.2) is 17.2 Å². The van der Waals surface area contributed by atoms with E-state index in [1.165, 1.54) is 16.7 Å². The molecule has 9 nitrogen and oxygen atoms in total. The zero-order valence-corrected chi connectivity index (χ0v) is 26.1. The van der Waals surface area contributed by atoms with Crippen LogP contribution in [0.4, 0.5) is 0 Å². The number of aromatic nitrogens is 1. The number of fused-ring (bicyclic) bond motifs is 1. The van der Waals surface area contributed by atoms with Crippen molar-refractivity contribution in [3.8, 4) is 11.5 Å². The Balaban J connectivity index is 1.93. The maximum atomic E-state index is 13.9. The smallest absolute Gasteiger partial charge is 0.341 e. The van der Waals surface area contributed by atoms with Gasteiger partial charge in [-0.2, -0.15) is 0 Å². The first-order chi connectivity index (χ1) is 19.6. The van der Waals surface area contributed by atoms with Crippen LogP contribution in [0.25, 0.3) is 6.08 Å². The second-order valence-corrected chi connectivity index (χ2v) is 11.5. The number of carboxylic acid groups (broad SMARTS) is 1. The summed E-state index contributed by atoms with van der Waals surface area (Å²) in [6.07, 6.45) is 2.84. The molecule has 41 heavy (non-hydrogen) atoms. The number of aliphatic carboxylic acids is 1. The van der Waals surface area contributed by atoms with Crippen molar-refractivity contribution in [2.24, 2.45) is 4.99 Å². The minimum Gasteiger partial charge on any atom is -0.496 e. The lowest BCUT2D eigenvalue weighted by Gasteiger charge is -2.26. The van der Waals surface area contributed by atoms with Crippen molar-refractivity contribution in [3.63, 3.8) is 0 Å². The van der Waals surface area contributed by atoms with E-state index in [2.05, 4.69) is 15.9 Å². The average Bonchev–Trinajstić information content (AvgIpc) is 3.21. The van der Waals surface area contributed by atoms with Crippen molar-refractivity contribution in [1.29, 1.82) is 0 Å². The second-order valence-electron chi connectivity index (χ2n) is 8.80. The molecule has 4 rings (SSSR count). The number of halogens is 3. The zero-order chi connectivity index (χ0) is 29.8. The number of carbonyl (C=O) groups excluding carboxylic acids is 1. The molecule has 0 aliphatic carbocycles. The predicted molar refractivity (Wildman–Crippen MR) is 160 cm³/mol. The third kappa shape index (κ3) is 6.53. The molecule has 216 valence electrons. The first-order valence-corrected chi connectivity index (χ1v) is 14.8. The van der Waals surface area contributed by atoms with Gasteiger partial charge >= 0.3 is 11.9 Å². The number of hydrogen-bond donors (Lipinski definition) is 1. The summed E-state index contributed by atoms with van der Waals surface area (Å²) in [7, 11) is 1.55. The summed E-state index contributed by atoms with van der Waals surface area (Å²) in [6.45, 7) is 3.26. The van der Waals surface area contributed by atoms with Gasteiger partial charge in [-0.15, -0.1) is 0 Å². The molecule has 0 fully saturated rings. The van der Waals surface area contributed by atoms with E-state index in [9.17, 15) is 14.4 Å². The predicted octanol–water partition coefficient (Wildman–Crippen LogP) is 5.12. The third-order valence-corrected chi connectivity index (χ3v) is 8.21. The molecule has 0 spiro atoms. The first-order valence-electron chi connectivity index (χ1n) is 12.5. The molecule has 13 heteroatoms. The van der Waals surface area contributed by atoms with Gasteiger partial charge in [0.05, 0.1) is 50.1 Å². The molecule has 1 atom stereocenters. The van der Waals surface area contributed by atoms with Crippen LogP contribution in [0.3, 0.4) is 0 Å². The fourth-order valence-corrected chi connectivity index (χ4v) is 6.57. The van der Waals surface area contributed by atoms with Crippen LogP contribution in [0.5, 0.6) is 11.5 Å². The van der Waals surface area contributed by atoms with Crippen molar-refractivity contribution >= 4 is 68.5 Å². The number of carboxylic acids is 1. The van der Waals surface area contributed by atoms with Crippen LogP contribution >= 0.6 is 50.5 Å². The minimum absolute atomic E-state index is 0.0303. The van der Waals surface area contributed by atoms with E-state index in [0.717, 1.165) is 17.8 Å². The number of ether oxygens (including phenoxy) is 3. The van der Waals surface area contributed by atoms with Crippen LogP contribution in [0.1, 0.15) is 43.9 Å². The Kier molecular flexibility index (Phi) is 9.96.